The van der Waals surface area contributed by atoms with Gasteiger partial charge >= 0.3 is 0 Å². The van der Waals surface area contributed by atoms with Crippen LogP contribution in [0.4, 0.5) is 0 Å². The highest BCUT2D eigenvalue weighted by atomic mass is 35.5. The van der Waals surface area contributed by atoms with Crippen molar-refractivity contribution in [3.63, 3.8) is 0 Å². The first kappa shape index (κ1) is 14.5. The molecule has 0 aromatic heterocycles. The molecule has 0 saturated heterocycles. The van der Waals surface area contributed by atoms with E-state index in [-0.39, 0.29) is 0 Å². The molecule has 1 rings (SSSR count). The molecule has 0 bridgehead atoms. The monoisotopic (exact) mass is 255 g/mol. The molecule has 3 heteroatoms. The summed E-state index contributed by atoms with van der Waals surface area (Å²) in [4.78, 5) is 0. The summed E-state index contributed by atoms with van der Waals surface area (Å²) in [6, 6.07) is 7.80. The molecule has 0 aliphatic carbocycles. The second-order valence-corrected chi connectivity index (χ2v) is 4.96. The van der Waals surface area contributed by atoms with Gasteiger partial charge in [-0.2, -0.15) is 0 Å². The van der Waals surface area contributed by atoms with Crippen molar-refractivity contribution < 1.29 is 5.11 Å². The second-order valence-electron chi connectivity index (χ2n) is 4.52. The molecular formula is C14H22ClNO. The van der Waals surface area contributed by atoms with E-state index in [0.717, 1.165) is 12.0 Å². The Morgan fingerprint density at radius 1 is 1.29 bits per heavy atom. The van der Waals surface area contributed by atoms with E-state index in [2.05, 4.69) is 19.2 Å². The zero-order valence-electron chi connectivity index (χ0n) is 10.6. The van der Waals surface area contributed by atoms with E-state index in [1.54, 1.807) is 12.1 Å². The minimum Gasteiger partial charge on any atom is -0.387 e. The number of unbranched alkanes of at least 4 members (excludes halogenated alkanes) is 1. The molecular weight excluding hydrogens is 234 g/mol. The van der Waals surface area contributed by atoms with Gasteiger partial charge in [0.25, 0.3) is 0 Å². The van der Waals surface area contributed by atoms with E-state index in [0.29, 0.717) is 17.6 Å². The van der Waals surface area contributed by atoms with Gasteiger partial charge in [-0.15, -0.1) is 0 Å². The van der Waals surface area contributed by atoms with Crippen LogP contribution in [0.1, 0.15) is 44.8 Å². The molecule has 2 N–H and O–H groups in total. The molecule has 0 amide bonds. The molecule has 2 atom stereocenters. The predicted molar refractivity (Wildman–Crippen MR) is 73.4 cm³/mol. The molecule has 0 aliphatic heterocycles. The number of hydrogen-bond acceptors (Lipinski definition) is 2. The summed E-state index contributed by atoms with van der Waals surface area (Å²) in [6.45, 7) is 4.94. The Labute approximate surface area is 109 Å². The summed E-state index contributed by atoms with van der Waals surface area (Å²) >= 11 is 5.80. The highest BCUT2D eigenvalue weighted by molar-refractivity contribution is 6.30. The lowest BCUT2D eigenvalue weighted by Crippen LogP contribution is -2.30. The lowest BCUT2D eigenvalue weighted by molar-refractivity contribution is 0.170. The molecule has 1 aromatic carbocycles. The fourth-order valence-electron chi connectivity index (χ4n) is 1.73. The number of rotatable bonds is 7. The topological polar surface area (TPSA) is 32.3 Å². The van der Waals surface area contributed by atoms with Gasteiger partial charge in [-0.3, -0.25) is 0 Å². The van der Waals surface area contributed by atoms with Crippen molar-refractivity contribution in [1.82, 2.24) is 5.32 Å². The van der Waals surface area contributed by atoms with Crippen LogP contribution in [0.25, 0.3) is 0 Å². The van der Waals surface area contributed by atoms with Crippen molar-refractivity contribution >= 4 is 11.6 Å². The fraction of sp³-hybridized carbons (Fsp3) is 0.571. The van der Waals surface area contributed by atoms with Crippen molar-refractivity contribution in [3.8, 4) is 0 Å². The summed E-state index contributed by atoms with van der Waals surface area (Å²) < 4.78 is 0. The van der Waals surface area contributed by atoms with Crippen LogP contribution in [0.3, 0.4) is 0 Å². The highest BCUT2D eigenvalue weighted by Gasteiger charge is 2.08. The highest BCUT2D eigenvalue weighted by Crippen LogP contribution is 2.16. The van der Waals surface area contributed by atoms with Crippen molar-refractivity contribution in [3.05, 3.63) is 34.9 Å². The Morgan fingerprint density at radius 2 is 1.94 bits per heavy atom. The zero-order valence-corrected chi connectivity index (χ0v) is 11.4. The van der Waals surface area contributed by atoms with Crippen LogP contribution < -0.4 is 5.32 Å². The largest absolute Gasteiger partial charge is 0.387 e. The van der Waals surface area contributed by atoms with Gasteiger partial charge in [-0.25, -0.2) is 0 Å². The molecule has 96 valence electrons. The average Bonchev–Trinajstić information content (AvgIpc) is 2.34. The van der Waals surface area contributed by atoms with Gasteiger partial charge in [0.05, 0.1) is 6.10 Å². The van der Waals surface area contributed by atoms with Gasteiger partial charge in [0.15, 0.2) is 0 Å². The molecule has 0 spiro atoms. The van der Waals surface area contributed by atoms with Gasteiger partial charge in [0, 0.05) is 17.6 Å². The third-order valence-corrected chi connectivity index (χ3v) is 3.16. The lowest BCUT2D eigenvalue weighted by Gasteiger charge is -2.17. The van der Waals surface area contributed by atoms with Crippen LogP contribution >= 0.6 is 11.6 Å². The maximum absolute atomic E-state index is 9.98. The summed E-state index contributed by atoms with van der Waals surface area (Å²) in [6.07, 6.45) is 3.14. The third-order valence-electron chi connectivity index (χ3n) is 2.91. The number of hydrogen-bond donors (Lipinski definition) is 2. The Bertz CT molecular complexity index is 313. The Hall–Kier alpha value is -0.570. The van der Waals surface area contributed by atoms with Crippen molar-refractivity contribution in [1.29, 1.82) is 0 Å². The fourth-order valence-corrected chi connectivity index (χ4v) is 1.85. The van der Waals surface area contributed by atoms with E-state index in [9.17, 15) is 5.11 Å². The van der Waals surface area contributed by atoms with Crippen LogP contribution in [0.5, 0.6) is 0 Å². The van der Waals surface area contributed by atoms with Crippen molar-refractivity contribution in [2.45, 2.75) is 45.3 Å². The average molecular weight is 256 g/mol. The van der Waals surface area contributed by atoms with E-state index in [1.165, 1.54) is 12.8 Å². The summed E-state index contributed by atoms with van der Waals surface area (Å²) in [5.41, 5.74) is 0.907. The van der Waals surface area contributed by atoms with Crippen LogP contribution in [0.15, 0.2) is 24.3 Å². The van der Waals surface area contributed by atoms with E-state index in [1.807, 2.05) is 12.1 Å². The summed E-state index contributed by atoms with van der Waals surface area (Å²) in [7, 11) is 0. The van der Waals surface area contributed by atoms with E-state index < -0.39 is 6.10 Å². The van der Waals surface area contributed by atoms with Gasteiger partial charge in [-0.05, 0) is 31.0 Å². The third kappa shape index (κ3) is 5.53. The first-order valence-electron chi connectivity index (χ1n) is 6.30. The van der Waals surface area contributed by atoms with Crippen LogP contribution in [-0.2, 0) is 0 Å². The lowest BCUT2D eigenvalue weighted by atomic mass is 10.1. The van der Waals surface area contributed by atoms with Gasteiger partial charge in [0.1, 0.15) is 0 Å². The van der Waals surface area contributed by atoms with Gasteiger partial charge in [0.2, 0.25) is 0 Å². The first-order valence-corrected chi connectivity index (χ1v) is 6.68. The van der Waals surface area contributed by atoms with Crippen LogP contribution in [0, 0.1) is 0 Å². The molecule has 0 aliphatic rings. The maximum atomic E-state index is 9.98. The summed E-state index contributed by atoms with van der Waals surface area (Å²) in [5.74, 6) is 0. The zero-order chi connectivity index (χ0) is 12.7. The molecule has 17 heavy (non-hydrogen) atoms. The molecule has 1 aromatic rings. The number of aliphatic hydroxyl groups excluding tert-OH is 1. The quantitative estimate of drug-likeness (QED) is 0.781. The normalized spacial score (nSPS) is 14.6. The number of aliphatic hydroxyl groups is 1. The molecule has 2 nitrogen and oxygen atoms in total. The predicted octanol–water partition coefficient (Wildman–Crippen LogP) is 3.54. The first-order chi connectivity index (χ1) is 8.13. The van der Waals surface area contributed by atoms with Crippen LogP contribution in [0.2, 0.25) is 5.02 Å². The van der Waals surface area contributed by atoms with E-state index in [4.69, 9.17) is 11.6 Å². The Balaban J connectivity index is 2.34. The SMILES string of the molecule is CCCCC(C)NCC(O)c1ccc(Cl)cc1. The summed E-state index contributed by atoms with van der Waals surface area (Å²) in [5, 5.41) is 14.0. The number of benzene rings is 1. The van der Waals surface area contributed by atoms with Gasteiger partial charge < -0.3 is 10.4 Å². The molecule has 2 unspecified atom stereocenters. The molecule has 0 fully saturated rings. The Kier molecular flexibility index (Phi) is 6.56. The molecule has 0 saturated carbocycles. The minimum atomic E-state index is -0.462. The van der Waals surface area contributed by atoms with Gasteiger partial charge in [-0.1, -0.05) is 43.5 Å². The maximum Gasteiger partial charge on any atom is 0.0914 e. The standard InChI is InChI=1S/C14H22ClNO/c1-3-4-5-11(2)16-10-14(17)12-6-8-13(15)9-7-12/h6-9,11,14,16-17H,3-5,10H2,1-2H3. The number of nitrogens with one attached hydrogen (secondary N) is 1. The molecule has 0 heterocycles. The van der Waals surface area contributed by atoms with Crippen molar-refractivity contribution in [2.24, 2.45) is 0 Å². The minimum absolute atomic E-state index is 0.455. The van der Waals surface area contributed by atoms with Crippen LogP contribution in [-0.4, -0.2) is 17.7 Å². The van der Waals surface area contributed by atoms with E-state index >= 15 is 0 Å². The second kappa shape index (κ2) is 7.70. The Morgan fingerprint density at radius 3 is 2.53 bits per heavy atom. The smallest absolute Gasteiger partial charge is 0.0914 e. The van der Waals surface area contributed by atoms with Crippen molar-refractivity contribution in [2.75, 3.05) is 6.54 Å². The number of halogens is 1. The molecule has 0 radical (unpaired) electrons.